The predicted molar refractivity (Wildman–Crippen MR) is 87.3 cm³/mol. The molecule has 0 spiro atoms. The minimum absolute atomic E-state index is 0.0579. The molecule has 0 aliphatic carbocycles. The number of hydrogen-bond acceptors (Lipinski definition) is 5. The fourth-order valence-corrected chi connectivity index (χ4v) is 2.67. The average Bonchev–Trinajstić information content (AvgIpc) is 2.65. The number of nitriles is 1. The van der Waals surface area contributed by atoms with Crippen molar-refractivity contribution >= 4 is 11.7 Å². The average molecular weight is 359 g/mol. The van der Waals surface area contributed by atoms with E-state index in [9.17, 15) is 13.6 Å². The third-order valence-electron chi connectivity index (χ3n) is 3.91. The summed E-state index contributed by atoms with van der Waals surface area (Å²) in [6.07, 6.45) is 3.68. The number of carbonyl (C=O) groups excluding carboxylic acids is 1. The SMILES string of the molecule is N#Cc1nccnc1OC1CCCN(C(=O)Nc2c(F)cccc2F)C1. The number of halogens is 2. The molecule has 1 aromatic heterocycles. The largest absolute Gasteiger partial charge is 0.470 e. The molecule has 1 aliphatic heterocycles. The topological polar surface area (TPSA) is 91.1 Å². The first-order chi connectivity index (χ1) is 12.6. The second kappa shape index (κ2) is 7.74. The first-order valence-corrected chi connectivity index (χ1v) is 7.96. The van der Waals surface area contributed by atoms with Gasteiger partial charge in [0.2, 0.25) is 5.69 Å². The smallest absolute Gasteiger partial charge is 0.322 e. The Morgan fingerprint density at radius 1 is 1.31 bits per heavy atom. The number of aromatic nitrogens is 2. The molecule has 9 heteroatoms. The lowest BCUT2D eigenvalue weighted by Crippen LogP contribution is -2.46. The number of piperidine rings is 1. The third kappa shape index (κ3) is 3.85. The van der Waals surface area contributed by atoms with Gasteiger partial charge in [-0.05, 0) is 25.0 Å². The van der Waals surface area contributed by atoms with Gasteiger partial charge in [0, 0.05) is 18.9 Å². The van der Waals surface area contributed by atoms with Gasteiger partial charge in [-0.1, -0.05) is 6.07 Å². The van der Waals surface area contributed by atoms with Crippen LogP contribution in [-0.4, -0.2) is 40.1 Å². The van der Waals surface area contributed by atoms with Crippen molar-refractivity contribution in [1.82, 2.24) is 14.9 Å². The Bertz CT molecular complexity index is 835. The second-order valence-electron chi connectivity index (χ2n) is 5.68. The van der Waals surface area contributed by atoms with Crippen LogP contribution in [-0.2, 0) is 0 Å². The molecule has 0 bridgehead atoms. The molecule has 3 rings (SSSR count). The molecule has 1 aromatic carbocycles. The standard InChI is InChI=1S/C17H15F2N5O2/c18-12-4-1-5-13(19)15(12)23-17(25)24-8-2-3-11(10-24)26-16-14(9-20)21-6-7-22-16/h1,4-7,11H,2-3,8,10H2,(H,23,25). The lowest BCUT2D eigenvalue weighted by atomic mass is 10.1. The summed E-state index contributed by atoms with van der Waals surface area (Å²) in [7, 11) is 0. The third-order valence-corrected chi connectivity index (χ3v) is 3.91. The van der Waals surface area contributed by atoms with Crippen molar-refractivity contribution in [2.75, 3.05) is 18.4 Å². The minimum atomic E-state index is -0.846. The molecule has 26 heavy (non-hydrogen) atoms. The number of likely N-dealkylation sites (tertiary alicyclic amines) is 1. The van der Waals surface area contributed by atoms with Gasteiger partial charge in [-0.15, -0.1) is 0 Å². The van der Waals surface area contributed by atoms with Crippen LogP contribution >= 0.6 is 0 Å². The Morgan fingerprint density at radius 2 is 2.04 bits per heavy atom. The number of amides is 2. The van der Waals surface area contributed by atoms with E-state index in [0.29, 0.717) is 19.4 Å². The number of rotatable bonds is 3. The summed E-state index contributed by atoms with van der Waals surface area (Å²) in [5, 5.41) is 11.3. The van der Waals surface area contributed by atoms with Crippen molar-refractivity contribution in [3.8, 4) is 11.9 Å². The zero-order valence-electron chi connectivity index (χ0n) is 13.7. The maximum atomic E-state index is 13.7. The molecule has 1 saturated heterocycles. The molecular weight excluding hydrogens is 344 g/mol. The summed E-state index contributed by atoms with van der Waals surface area (Å²) in [5.41, 5.74) is -0.427. The van der Waals surface area contributed by atoms with Crippen molar-refractivity contribution in [1.29, 1.82) is 5.26 Å². The predicted octanol–water partition coefficient (Wildman–Crippen LogP) is 2.70. The van der Waals surface area contributed by atoms with Crippen molar-refractivity contribution in [3.63, 3.8) is 0 Å². The molecule has 134 valence electrons. The summed E-state index contributed by atoms with van der Waals surface area (Å²) >= 11 is 0. The van der Waals surface area contributed by atoms with Gasteiger partial charge in [0.15, 0.2) is 0 Å². The molecule has 1 atom stereocenters. The highest BCUT2D eigenvalue weighted by molar-refractivity contribution is 5.89. The van der Waals surface area contributed by atoms with E-state index >= 15 is 0 Å². The molecule has 1 unspecified atom stereocenters. The Morgan fingerprint density at radius 3 is 2.77 bits per heavy atom. The van der Waals surface area contributed by atoms with Gasteiger partial charge < -0.3 is 15.0 Å². The highest BCUT2D eigenvalue weighted by atomic mass is 19.1. The minimum Gasteiger partial charge on any atom is -0.470 e. The Hall–Kier alpha value is -3.28. The number of ether oxygens (including phenoxy) is 1. The van der Waals surface area contributed by atoms with E-state index in [1.54, 1.807) is 0 Å². The van der Waals surface area contributed by atoms with E-state index < -0.39 is 29.5 Å². The van der Waals surface area contributed by atoms with Crippen LogP contribution in [0.5, 0.6) is 5.88 Å². The number of benzene rings is 1. The highest BCUT2D eigenvalue weighted by Crippen LogP contribution is 2.21. The molecule has 1 aliphatic rings. The zero-order chi connectivity index (χ0) is 18.5. The molecule has 1 fully saturated rings. The van der Waals surface area contributed by atoms with Crippen LogP contribution in [0, 0.1) is 23.0 Å². The maximum absolute atomic E-state index is 13.7. The van der Waals surface area contributed by atoms with E-state index in [4.69, 9.17) is 10.00 Å². The van der Waals surface area contributed by atoms with Crippen LogP contribution in [0.1, 0.15) is 18.5 Å². The van der Waals surface area contributed by atoms with Gasteiger partial charge in [0.1, 0.15) is 29.5 Å². The van der Waals surface area contributed by atoms with Crippen molar-refractivity contribution in [3.05, 3.63) is 47.9 Å². The fraction of sp³-hybridized carbons (Fsp3) is 0.294. The molecule has 2 heterocycles. The van der Waals surface area contributed by atoms with Crippen LogP contribution in [0.15, 0.2) is 30.6 Å². The van der Waals surface area contributed by atoms with Crippen LogP contribution < -0.4 is 10.1 Å². The normalized spacial score (nSPS) is 16.7. The molecule has 2 amide bonds. The van der Waals surface area contributed by atoms with Crippen LogP contribution in [0.25, 0.3) is 0 Å². The zero-order valence-corrected chi connectivity index (χ0v) is 13.7. The monoisotopic (exact) mass is 359 g/mol. The first kappa shape index (κ1) is 17.5. The van der Waals surface area contributed by atoms with Crippen molar-refractivity contribution < 1.29 is 18.3 Å². The number of urea groups is 1. The van der Waals surface area contributed by atoms with E-state index in [0.717, 1.165) is 12.1 Å². The summed E-state index contributed by atoms with van der Waals surface area (Å²) in [4.78, 5) is 21.6. The van der Waals surface area contributed by atoms with Gasteiger partial charge in [0.05, 0.1) is 6.54 Å². The molecule has 7 nitrogen and oxygen atoms in total. The number of nitrogens with zero attached hydrogens (tertiary/aromatic N) is 4. The van der Waals surface area contributed by atoms with Gasteiger partial charge in [0.25, 0.3) is 5.88 Å². The number of hydrogen-bond donors (Lipinski definition) is 1. The molecule has 2 aromatic rings. The van der Waals surface area contributed by atoms with Crippen molar-refractivity contribution in [2.45, 2.75) is 18.9 Å². The number of para-hydroxylation sites is 1. The highest BCUT2D eigenvalue weighted by Gasteiger charge is 2.27. The van der Waals surface area contributed by atoms with Crippen LogP contribution in [0.4, 0.5) is 19.3 Å². The number of anilines is 1. The van der Waals surface area contributed by atoms with Gasteiger partial charge in [-0.25, -0.2) is 23.5 Å². The second-order valence-corrected chi connectivity index (χ2v) is 5.68. The number of nitrogens with one attached hydrogen (secondary N) is 1. The lowest BCUT2D eigenvalue weighted by molar-refractivity contribution is 0.102. The molecule has 0 radical (unpaired) electrons. The lowest BCUT2D eigenvalue weighted by Gasteiger charge is -2.32. The van der Waals surface area contributed by atoms with Crippen molar-refractivity contribution in [2.24, 2.45) is 0 Å². The van der Waals surface area contributed by atoms with Gasteiger partial charge >= 0.3 is 6.03 Å². The van der Waals surface area contributed by atoms with E-state index in [-0.39, 0.29) is 18.1 Å². The van der Waals surface area contributed by atoms with Gasteiger partial charge in [-0.2, -0.15) is 5.26 Å². The van der Waals surface area contributed by atoms with E-state index in [2.05, 4.69) is 15.3 Å². The molecular formula is C17H15F2N5O2. The summed E-state index contributed by atoms with van der Waals surface area (Å²) in [5.74, 6) is -1.59. The quantitative estimate of drug-likeness (QED) is 0.910. The maximum Gasteiger partial charge on any atom is 0.322 e. The first-order valence-electron chi connectivity index (χ1n) is 7.96. The Labute approximate surface area is 148 Å². The molecule has 0 saturated carbocycles. The van der Waals surface area contributed by atoms with E-state index in [1.807, 2.05) is 6.07 Å². The van der Waals surface area contributed by atoms with E-state index in [1.165, 1.54) is 23.4 Å². The molecule has 1 N–H and O–H groups in total. The Balaban J connectivity index is 1.66. The van der Waals surface area contributed by atoms with Crippen LogP contribution in [0.3, 0.4) is 0 Å². The van der Waals surface area contributed by atoms with Crippen LogP contribution in [0.2, 0.25) is 0 Å². The number of carbonyl (C=O) groups is 1. The summed E-state index contributed by atoms with van der Waals surface area (Å²) in [6.45, 7) is 0.622. The fourth-order valence-electron chi connectivity index (χ4n) is 2.67. The summed E-state index contributed by atoms with van der Waals surface area (Å²) < 4.78 is 33.1. The van der Waals surface area contributed by atoms with Gasteiger partial charge in [-0.3, -0.25) is 0 Å². The Kier molecular flexibility index (Phi) is 5.22. The summed E-state index contributed by atoms with van der Waals surface area (Å²) in [6, 6.07) is 4.62.